The zero-order valence-electron chi connectivity index (χ0n) is 20.6. The molecular formula is C28H27F2N3O3. The number of amides is 1. The van der Waals surface area contributed by atoms with Crippen molar-refractivity contribution < 1.29 is 23.1 Å². The lowest BCUT2D eigenvalue weighted by Crippen LogP contribution is -2.33. The lowest BCUT2D eigenvalue weighted by Gasteiger charge is -2.17. The smallest absolute Gasteiger partial charge is 0.273 e. The van der Waals surface area contributed by atoms with Crippen molar-refractivity contribution in [2.45, 2.75) is 39.5 Å². The zero-order valence-corrected chi connectivity index (χ0v) is 20.6. The number of aromatic nitrogens is 1. The molecule has 36 heavy (non-hydrogen) atoms. The van der Waals surface area contributed by atoms with Gasteiger partial charge in [0.15, 0.2) is 5.78 Å². The summed E-state index contributed by atoms with van der Waals surface area (Å²) in [5.41, 5.74) is 3.31. The van der Waals surface area contributed by atoms with Crippen LogP contribution in [0, 0.1) is 12.8 Å². The number of hydrogen-bond donors (Lipinski definition) is 0. The van der Waals surface area contributed by atoms with Crippen LogP contribution in [0.25, 0.3) is 11.3 Å². The lowest BCUT2D eigenvalue weighted by molar-refractivity contribution is -0.128. The zero-order chi connectivity index (χ0) is 26.0. The summed E-state index contributed by atoms with van der Waals surface area (Å²) >= 11 is 0. The second-order valence-corrected chi connectivity index (χ2v) is 8.77. The van der Waals surface area contributed by atoms with E-state index in [1.165, 1.54) is 30.1 Å². The number of halogens is 2. The number of anilines is 1. The molecule has 186 valence electrons. The number of benzene rings is 2. The first-order valence-corrected chi connectivity index (χ1v) is 11.7. The summed E-state index contributed by atoms with van der Waals surface area (Å²) in [6, 6.07) is 16.6. The fraction of sp³-hybridized carbons (Fsp3) is 0.286. The number of aryl methyl sites for hydroxylation is 1. The van der Waals surface area contributed by atoms with Crippen LogP contribution in [0.1, 0.15) is 37.1 Å². The van der Waals surface area contributed by atoms with E-state index < -0.39 is 23.5 Å². The molecule has 0 radical (unpaired) electrons. The number of nitrogens with zero attached hydrogens (tertiary/aromatic N) is 3. The number of hydrogen-bond acceptors (Lipinski definition) is 5. The number of Topliss-reactive ketones (excluding diaryl/α,β-unsaturated/α-hetero) is 1. The fourth-order valence-electron chi connectivity index (χ4n) is 4.26. The highest BCUT2D eigenvalue weighted by molar-refractivity contribution is 6.27. The number of alkyl halides is 2. The number of carbonyl (C=O) groups excluding carboxylic acids is 2. The number of carbonyl (C=O) groups is 2. The van der Waals surface area contributed by atoms with Crippen LogP contribution < -0.4 is 9.75 Å². The maximum Gasteiger partial charge on any atom is 0.273 e. The van der Waals surface area contributed by atoms with E-state index in [9.17, 15) is 18.4 Å². The average molecular weight is 492 g/mol. The Morgan fingerprint density at radius 2 is 1.83 bits per heavy atom. The molecule has 1 aliphatic heterocycles. The molecule has 8 heteroatoms. The minimum atomic E-state index is -2.98. The first-order valence-electron chi connectivity index (χ1n) is 11.7. The van der Waals surface area contributed by atoms with E-state index in [0.717, 1.165) is 5.69 Å². The average Bonchev–Trinajstić information content (AvgIpc) is 3.17. The highest BCUT2D eigenvalue weighted by atomic mass is 19.3. The van der Waals surface area contributed by atoms with Crippen LogP contribution in [0.15, 0.2) is 65.8 Å². The highest BCUT2D eigenvalue weighted by Gasteiger charge is 2.39. The predicted octanol–water partition coefficient (Wildman–Crippen LogP) is 5.72. The summed E-state index contributed by atoms with van der Waals surface area (Å²) in [5.74, 6) is -4.35. The van der Waals surface area contributed by atoms with E-state index in [0.29, 0.717) is 34.0 Å². The summed E-state index contributed by atoms with van der Waals surface area (Å²) in [6.45, 7) is 4.91. The Bertz CT molecular complexity index is 1350. The maximum atomic E-state index is 14.1. The van der Waals surface area contributed by atoms with Crippen molar-refractivity contribution in [3.8, 4) is 17.0 Å². The lowest BCUT2D eigenvalue weighted by atomic mass is 9.92. The summed E-state index contributed by atoms with van der Waals surface area (Å²) in [7, 11) is 1.55. The molecule has 6 nitrogen and oxygen atoms in total. The molecule has 1 aromatic heterocycles. The van der Waals surface area contributed by atoms with Crippen molar-refractivity contribution in [1.29, 1.82) is 0 Å². The summed E-state index contributed by atoms with van der Waals surface area (Å²) in [6.07, 6.45) is -0.486. The Kier molecular flexibility index (Phi) is 6.97. The SMILES string of the molecule is CCC(F)(F)c1cccc(CC(=O)C2C(=O)N(c3ccc(OC)c(-c4cccc(C)n4)c3)N=C2C)c1. The molecule has 4 rings (SSSR count). The normalized spacial score (nSPS) is 15.7. The largest absolute Gasteiger partial charge is 0.496 e. The van der Waals surface area contributed by atoms with Gasteiger partial charge in [-0.25, -0.2) is 8.78 Å². The van der Waals surface area contributed by atoms with E-state index in [4.69, 9.17) is 4.74 Å². The molecule has 0 N–H and O–H groups in total. The van der Waals surface area contributed by atoms with Crippen molar-refractivity contribution >= 4 is 23.1 Å². The Morgan fingerprint density at radius 1 is 1.08 bits per heavy atom. The molecule has 1 unspecified atom stereocenters. The standard InChI is InChI=1S/C28H27F2N3O3/c1-5-28(29,30)20-10-7-9-19(14-20)15-24(34)26-18(3)32-33(27(26)35)21-12-13-25(36-4)22(16-21)23-11-6-8-17(2)31-23/h6-14,16,26H,5,15H2,1-4H3. The van der Waals surface area contributed by atoms with E-state index in [1.807, 2.05) is 25.1 Å². The van der Waals surface area contributed by atoms with Crippen LogP contribution in [0.2, 0.25) is 0 Å². The molecule has 0 saturated heterocycles. The maximum absolute atomic E-state index is 14.1. The number of ketones is 1. The van der Waals surface area contributed by atoms with E-state index in [1.54, 1.807) is 38.3 Å². The van der Waals surface area contributed by atoms with Crippen LogP contribution in [-0.2, 0) is 21.9 Å². The topological polar surface area (TPSA) is 71.9 Å². The molecule has 0 saturated carbocycles. The van der Waals surface area contributed by atoms with Crippen molar-refractivity contribution in [2.24, 2.45) is 11.0 Å². The van der Waals surface area contributed by atoms with Crippen LogP contribution in [0.3, 0.4) is 0 Å². The molecule has 2 heterocycles. The van der Waals surface area contributed by atoms with Gasteiger partial charge in [0.1, 0.15) is 11.7 Å². The van der Waals surface area contributed by atoms with Crippen molar-refractivity contribution in [3.63, 3.8) is 0 Å². The third-order valence-corrected chi connectivity index (χ3v) is 6.22. The minimum Gasteiger partial charge on any atom is -0.496 e. The molecule has 1 atom stereocenters. The number of pyridine rings is 1. The molecule has 0 bridgehead atoms. The quantitative estimate of drug-likeness (QED) is 0.378. The Labute approximate surface area is 208 Å². The third kappa shape index (κ3) is 4.89. The van der Waals surface area contributed by atoms with Crippen LogP contribution in [-0.4, -0.2) is 29.5 Å². The monoisotopic (exact) mass is 491 g/mol. The van der Waals surface area contributed by atoms with Gasteiger partial charge in [-0.2, -0.15) is 10.1 Å². The van der Waals surface area contributed by atoms with Gasteiger partial charge in [0.05, 0.1) is 24.2 Å². The molecule has 0 spiro atoms. The fourth-order valence-corrected chi connectivity index (χ4v) is 4.26. The van der Waals surface area contributed by atoms with Crippen LogP contribution >= 0.6 is 0 Å². The Hall–Kier alpha value is -3.94. The molecule has 1 amide bonds. The van der Waals surface area contributed by atoms with Gasteiger partial charge in [0, 0.05) is 29.7 Å². The second-order valence-electron chi connectivity index (χ2n) is 8.77. The predicted molar refractivity (Wildman–Crippen MR) is 134 cm³/mol. The van der Waals surface area contributed by atoms with Crippen LogP contribution in [0.5, 0.6) is 5.75 Å². The van der Waals surface area contributed by atoms with Gasteiger partial charge in [-0.15, -0.1) is 0 Å². The second kappa shape index (κ2) is 9.97. The molecule has 0 fully saturated rings. The molecule has 0 aliphatic carbocycles. The first-order chi connectivity index (χ1) is 17.1. The van der Waals surface area contributed by atoms with Crippen molar-refractivity contribution in [2.75, 3.05) is 12.1 Å². The highest BCUT2D eigenvalue weighted by Crippen LogP contribution is 2.35. The number of hydrazone groups is 1. The third-order valence-electron chi connectivity index (χ3n) is 6.22. The molecule has 2 aromatic carbocycles. The molecule has 1 aliphatic rings. The summed E-state index contributed by atoms with van der Waals surface area (Å²) in [5, 5.41) is 5.57. The van der Waals surface area contributed by atoms with Crippen molar-refractivity contribution in [1.82, 2.24) is 4.98 Å². The van der Waals surface area contributed by atoms with E-state index in [2.05, 4.69) is 10.1 Å². The van der Waals surface area contributed by atoms with Gasteiger partial charge < -0.3 is 4.74 Å². The van der Waals surface area contributed by atoms with Gasteiger partial charge >= 0.3 is 0 Å². The molecular weight excluding hydrogens is 464 g/mol. The van der Waals surface area contributed by atoms with Gasteiger partial charge in [-0.3, -0.25) is 14.6 Å². The first kappa shape index (κ1) is 25.2. The Morgan fingerprint density at radius 3 is 2.53 bits per heavy atom. The minimum absolute atomic E-state index is 0.143. The number of ether oxygens (including phenoxy) is 1. The van der Waals surface area contributed by atoms with Crippen molar-refractivity contribution in [3.05, 3.63) is 77.5 Å². The number of rotatable bonds is 8. The van der Waals surface area contributed by atoms with Gasteiger partial charge in [0.2, 0.25) is 0 Å². The van der Waals surface area contributed by atoms with Gasteiger partial charge in [-0.05, 0) is 55.8 Å². The summed E-state index contributed by atoms with van der Waals surface area (Å²) in [4.78, 5) is 31.0. The number of methoxy groups -OCH3 is 1. The summed E-state index contributed by atoms with van der Waals surface area (Å²) < 4.78 is 33.7. The van der Waals surface area contributed by atoms with E-state index in [-0.39, 0.29) is 18.4 Å². The van der Waals surface area contributed by atoms with E-state index >= 15 is 0 Å². The Balaban J connectivity index is 1.59. The van der Waals surface area contributed by atoms with Crippen LogP contribution in [0.4, 0.5) is 14.5 Å². The van der Waals surface area contributed by atoms with Gasteiger partial charge in [-0.1, -0.05) is 31.2 Å². The molecule has 3 aromatic rings. The van der Waals surface area contributed by atoms with Gasteiger partial charge in [0.25, 0.3) is 11.8 Å².